The van der Waals surface area contributed by atoms with E-state index in [1.807, 2.05) is 0 Å². The van der Waals surface area contributed by atoms with Crippen LogP contribution in [0, 0.1) is 0 Å². The first kappa shape index (κ1) is 15.2. The van der Waals surface area contributed by atoms with Crippen LogP contribution in [0.3, 0.4) is 0 Å². The van der Waals surface area contributed by atoms with Crippen LogP contribution in [0.15, 0.2) is 0 Å². The average molecular weight is 298 g/mol. The molecule has 0 radical (unpaired) electrons. The lowest BCUT2D eigenvalue weighted by Crippen LogP contribution is -2.44. The highest BCUT2D eigenvalue weighted by atomic mass is 32.2. The van der Waals surface area contributed by atoms with Crippen molar-refractivity contribution < 1.29 is 4.74 Å². The van der Waals surface area contributed by atoms with Crippen molar-refractivity contribution in [3.05, 3.63) is 0 Å². The standard InChI is InChI=1S/C17H31NOS/c1-20-16-8-4-3-7-15(16)18-13-14-9-12-17(19-14)10-5-2-6-11-17/h14-16,18H,2-13H2,1H3. The van der Waals surface area contributed by atoms with E-state index in [2.05, 4.69) is 23.3 Å². The second-order valence-corrected chi connectivity index (χ2v) is 8.17. The molecule has 3 heteroatoms. The predicted octanol–water partition coefficient (Wildman–Crippen LogP) is 4.13. The molecule has 20 heavy (non-hydrogen) atoms. The summed E-state index contributed by atoms with van der Waals surface area (Å²) in [7, 11) is 0. The fourth-order valence-electron chi connectivity index (χ4n) is 4.50. The van der Waals surface area contributed by atoms with Gasteiger partial charge in [0.25, 0.3) is 0 Å². The first-order chi connectivity index (χ1) is 9.81. The highest BCUT2D eigenvalue weighted by molar-refractivity contribution is 7.99. The van der Waals surface area contributed by atoms with Crippen LogP contribution in [-0.2, 0) is 4.74 Å². The van der Waals surface area contributed by atoms with Gasteiger partial charge in [-0.15, -0.1) is 0 Å². The van der Waals surface area contributed by atoms with Crippen molar-refractivity contribution in [1.29, 1.82) is 0 Å². The summed E-state index contributed by atoms with van der Waals surface area (Å²) in [6.45, 7) is 1.09. The SMILES string of the molecule is CSC1CCCCC1NCC1CCC2(CCCCC2)O1. The molecular weight excluding hydrogens is 266 g/mol. The molecule has 1 aliphatic heterocycles. The number of hydrogen-bond acceptors (Lipinski definition) is 3. The van der Waals surface area contributed by atoms with Gasteiger partial charge in [0.1, 0.15) is 0 Å². The fourth-order valence-corrected chi connectivity index (χ4v) is 5.46. The van der Waals surface area contributed by atoms with Crippen LogP contribution in [0.2, 0.25) is 0 Å². The van der Waals surface area contributed by atoms with Crippen molar-refractivity contribution in [3.63, 3.8) is 0 Å². The molecule has 2 nitrogen and oxygen atoms in total. The molecule has 116 valence electrons. The minimum Gasteiger partial charge on any atom is -0.370 e. The number of rotatable bonds is 4. The summed E-state index contributed by atoms with van der Waals surface area (Å²) in [4.78, 5) is 0. The quantitative estimate of drug-likeness (QED) is 0.843. The maximum atomic E-state index is 6.48. The lowest BCUT2D eigenvalue weighted by Gasteiger charge is -2.34. The largest absolute Gasteiger partial charge is 0.370 e. The van der Waals surface area contributed by atoms with Crippen LogP contribution in [0.5, 0.6) is 0 Å². The molecule has 0 amide bonds. The number of thioether (sulfide) groups is 1. The van der Waals surface area contributed by atoms with E-state index < -0.39 is 0 Å². The summed E-state index contributed by atoms with van der Waals surface area (Å²) < 4.78 is 6.48. The zero-order chi connectivity index (χ0) is 13.8. The zero-order valence-electron chi connectivity index (χ0n) is 13.0. The fraction of sp³-hybridized carbons (Fsp3) is 1.00. The van der Waals surface area contributed by atoms with E-state index in [4.69, 9.17) is 4.74 Å². The highest BCUT2D eigenvalue weighted by Crippen LogP contribution is 2.41. The van der Waals surface area contributed by atoms with Crippen LogP contribution in [0.4, 0.5) is 0 Å². The molecule has 1 spiro atoms. The Morgan fingerprint density at radius 3 is 2.60 bits per heavy atom. The van der Waals surface area contributed by atoms with Crippen molar-refractivity contribution in [3.8, 4) is 0 Å². The summed E-state index contributed by atoms with van der Waals surface area (Å²) in [6, 6.07) is 0.727. The number of hydrogen-bond donors (Lipinski definition) is 1. The van der Waals surface area contributed by atoms with E-state index in [9.17, 15) is 0 Å². The Morgan fingerprint density at radius 1 is 1.00 bits per heavy atom. The van der Waals surface area contributed by atoms with Crippen molar-refractivity contribution in [2.24, 2.45) is 0 Å². The molecule has 1 heterocycles. The smallest absolute Gasteiger partial charge is 0.0708 e. The third kappa shape index (κ3) is 3.53. The van der Waals surface area contributed by atoms with Crippen molar-refractivity contribution in [2.75, 3.05) is 12.8 Å². The van der Waals surface area contributed by atoms with Gasteiger partial charge in [-0.1, -0.05) is 32.1 Å². The molecule has 0 aromatic carbocycles. The summed E-state index contributed by atoms with van der Waals surface area (Å²) >= 11 is 2.05. The van der Waals surface area contributed by atoms with Gasteiger partial charge in [-0.05, 0) is 44.8 Å². The molecule has 1 saturated heterocycles. The summed E-state index contributed by atoms with van der Waals surface area (Å²) in [5, 5.41) is 4.67. The van der Waals surface area contributed by atoms with Crippen molar-refractivity contribution in [2.45, 2.75) is 93.6 Å². The molecule has 3 atom stereocenters. The van der Waals surface area contributed by atoms with E-state index >= 15 is 0 Å². The second kappa shape index (κ2) is 7.02. The summed E-state index contributed by atoms with van der Waals surface area (Å²) in [6.07, 6.45) is 17.8. The van der Waals surface area contributed by atoms with Gasteiger partial charge in [-0.2, -0.15) is 11.8 Å². The molecule has 3 unspecified atom stereocenters. The number of nitrogens with one attached hydrogen (secondary N) is 1. The molecule has 0 bridgehead atoms. The lowest BCUT2D eigenvalue weighted by molar-refractivity contribution is -0.0631. The first-order valence-electron chi connectivity index (χ1n) is 8.75. The monoisotopic (exact) mass is 297 g/mol. The zero-order valence-corrected chi connectivity index (χ0v) is 13.9. The Bertz CT molecular complexity index is 303. The van der Waals surface area contributed by atoms with Crippen molar-refractivity contribution >= 4 is 11.8 Å². The summed E-state index contributed by atoms with van der Waals surface area (Å²) in [5.74, 6) is 0. The van der Waals surface area contributed by atoms with Crippen molar-refractivity contribution in [1.82, 2.24) is 5.32 Å². The Labute approximate surface area is 128 Å². The van der Waals surface area contributed by atoms with E-state index in [1.165, 1.54) is 70.6 Å². The Hall–Kier alpha value is 0.270. The van der Waals surface area contributed by atoms with Crippen LogP contribution in [0.1, 0.15) is 70.6 Å². The second-order valence-electron chi connectivity index (χ2n) is 7.10. The maximum Gasteiger partial charge on any atom is 0.0708 e. The van der Waals surface area contributed by atoms with Gasteiger partial charge >= 0.3 is 0 Å². The third-order valence-corrected chi connectivity index (χ3v) is 6.89. The minimum atomic E-state index is 0.288. The van der Waals surface area contributed by atoms with E-state index in [-0.39, 0.29) is 5.60 Å². The molecule has 3 fully saturated rings. The third-order valence-electron chi connectivity index (χ3n) is 5.72. The van der Waals surface area contributed by atoms with Gasteiger partial charge in [0.15, 0.2) is 0 Å². The first-order valence-corrected chi connectivity index (χ1v) is 10.0. The van der Waals surface area contributed by atoms with Crippen LogP contribution >= 0.6 is 11.8 Å². The van der Waals surface area contributed by atoms with E-state index in [0.29, 0.717) is 6.10 Å². The molecule has 2 saturated carbocycles. The van der Waals surface area contributed by atoms with Crippen LogP contribution in [0.25, 0.3) is 0 Å². The van der Waals surface area contributed by atoms with E-state index in [1.54, 1.807) is 0 Å². The van der Waals surface area contributed by atoms with Crippen LogP contribution < -0.4 is 5.32 Å². The number of ether oxygens (including phenoxy) is 1. The average Bonchev–Trinajstić information content (AvgIpc) is 2.89. The Kier molecular flexibility index (Phi) is 5.33. The molecule has 2 aliphatic carbocycles. The highest BCUT2D eigenvalue weighted by Gasteiger charge is 2.40. The topological polar surface area (TPSA) is 21.3 Å². The summed E-state index contributed by atoms with van der Waals surface area (Å²) in [5.41, 5.74) is 0.288. The van der Waals surface area contributed by atoms with Gasteiger partial charge in [-0.3, -0.25) is 0 Å². The molecule has 3 rings (SSSR count). The Morgan fingerprint density at radius 2 is 1.80 bits per heavy atom. The van der Waals surface area contributed by atoms with Gasteiger partial charge in [0.05, 0.1) is 11.7 Å². The van der Waals surface area contributed by atoms with E-state index in [0.717, 1.165) is 17.8 Å². The molecule has 3 aliphatic rings. The minimum absolute atomic E-state index is 0.288. The van der Waals surface area contributed by atoms with Gasteiger partial charge in [0.2, 0.25) is 0 Å². The van der Waals surface area contributed by atoms with Gasteiger partial charge < -0.3 is 10.1 Å². The molecular formula is C17H31NOS. The van der Waals surface area contributed by atoms with Gasteiger partial charge in [0, 0.05) is 17.8 Å². The normalized spacial score (nSPS) is 37.4. The Balaban J connectivity index is 1.44. The maximum absolute atomic E-state index is 6.48. The molecule has 1 N–H and O–H groups in total. The predicted molar refractivity (Wildman–Crippen MR) is 87.5 cm³/mol. The van der Waals surface area contributed by atoms with Crippen LogP contribution in [-0.4, -0.2) is 35.8 Å². The lowest BCUT2D eigenvalue weighted by atomic mass is 9.83. The van der Waals surface area contributed by atoms with Gasteiger partial charge in [-0.25, -0.2) is 0 Å². The molecule has 0 aromatic rings. The molecule has 0 aromatic heterocycles.